The van der Waals surface area contributed by atoms with Crippen molar-refractivity contribution >= 4 is 6.03 Å². The molecule has 2 amide bonds. The van der Waals surface area contributed by atoms with Gasteiger partial charge in [-0.2, -0.15) is 0 Å². The number of nitrogens with one attached hydrogen (secondary N) is 2. The predicted molar refractivity (Wildman–Crippen MR) is 78.8 cm³/mol. The van der Waals surface area contributed by atoms with Crippen molar-refractivity contribution in [3.63, 3.8) is 0 Å². The van der Waals surface area contributed by atoms with Crippen molar-refractivity contribution < 1.29 is 14.6 Å². The standard InChI is InChI=1S/C15H24N2O3/c1-3-13(8-9-18)17-15(19)16-11-12-6-5-7-14(10-12)20-4-2/h5-7,10,13,18H,3-4,8-9,11H2,1-2H3,(H2,16,17,19). The summed E-state index contributed by atoms with van der Waals surface area (Å²) >= 11 is 0. The minimum Gasteiger partial charge on any atom is -0.494 e. The Bertz CT molecular complexity index is 410. The number of benzene rings is 1. The van der Waals surface area contributed by atoms with Crippen molar-refractivity contribution in [2.24, 2.45) is 0 Å². The Hall–Kier alpha value is -1.75. The third-order valence-corrected chi connectivity index (χ3v) is 2.97. The molecule has 112 valence electrons. The van der Waals surface area contributed by atoms with Crippen molar-refractivity contribution in [1.29, 1.82) is 0 Å². The number of amides is 2. The van der Waals surface area contributed by atoms with Gasteiger partial charge >= 0.3 is 6.03 Å². The number of hydrogen-bond donors (Lipinski definition) is 3. The zero-order valence-corrected chi connectivity index (χ0v) is 12.2. The van der Waals surface area contributed by atoms with Crippen LogP contribution in [0.4, 0.5) is 4.79 Å². The normalized spacial score (nSPS) is 11.8. The summed E-state index contributed by atoms with van der Waals surface area (Å²) < 4.78 is 5.41. The summed E-state index contributed by atoms with van der Waals surface area (Å²) in [5.41, 5.74) is 0.987. The van der Waals surface area contributed by atoms with E-state index in [1.54, 1.807) is 0 Å². The van der Waals surface area contributed by atoms with Crippen LogP contribution in [0.25, 0.3) is 0 Å². The van der Waals surface area contributed by atoms with Crippen LogP contribution in [-0.2, 0) is 6.54 Å². The Balaban J connectivity index is 2.42. The van der Waals surface area contributed by atoms with Gasteiger partial charge in [-0.05, 0) is 37.5 Å². The summed E-state index contributed by atoms with van der Waals surface area (Å²) in [7, 11) is 0. The number of ether oxygens (including phenoxy) is 1. The van der Waals surface area contributed by atoms with Gasteiger partial charge < -0.3 is 20.5 Å². The van der Waals surface area contributed by atoms with E-state index < -0.39 is 0 Å². The minimum absolute atomic E-state index is 0.00904. The molecule has 0 saturated carbocycles. The van der Waals surface area contributed by atoms with Crippen LogP contribution in [0.2, 0.25) is 0 Å². The van der Waals surface area contributed by atoms with E-state index in [-0.39, 0.29) is 18.7 Å². The van der Waals surface area contributed by atoms with Gasteiger partial charge in [-0.15, -0.1) is 0 Å². The third kappa shape index (κ3) is 5.93. The first-order chi connectivity index (χ1) is 9.69. The molecule has 1 atom stereocenters. The minimum atomic E-state index is -0.216. The highest BCUT2D eigenvalue weighted by Gasteiger charge is 2.09. The highest BCUT2D eigenvalue weighted by Crippen LogP contribution is 2.12. The van der Waals surface area contributed by atoms with Gasteiger partial charge in [-0.3, -0.25) is 0 Å². The second kappa shape index (κ2) is 9.20. The first kappa shape index (κ1) is 16.3. The van der Waals surface area contributed by atoms with E-state index in [4.69, 9.17) is 9.84 Å². The maximum Gasteiger partial charge on any atom is 0.315 e. The van der Waals surface area contributed by atoms with E-state index in [9.17, 15) is 4.79 Å². The Morgan fingerprint density at radius 1 is 1.40 bits per heavy atom. The fourth-order valence-corrected chi connectivity index (χ4v) is 1.86. The summed E-state index contributed by atoms with van der Waals surface area (Å²) in [5, 5.41) is 14.5. The summed E-state index contributed by atoms with van der Waals surface area (Å²) in [4.78, 5) is 11.7. The zero-order valence-electron chi connectivity index (χ0n) is 12.2. The number of aliphatic hydroxyl groups excluding tert-OH is 1. The molecule has 0 aliphatic carbocycles. The second-order valence-corrected chi connectivity index (χ2v) is 4.52. The van der Waals surface area contributed by atoms with Gasteiger partial charge in [0.1, 0.15) is 5.75 Å². The van der Waals surface area contributed by atoms with Crippen LogP contribution in [-0.4, -0.2) is 30.4 Å². The van der Waals surface area contributed by atoms with Gasteiger partial charge in [0.15, 0.2) is 0 Å². The lowest BCUT2D eigenvalue weighted by Gasteiger charge is -2.16. The molecule has 3 N–H and O–H groups in total. The van der Waals surface area contributed by atoms with Gasteiger partial charge in [0.2, 0.25) is 0 Å². The van der Waals surface area contributed by atoms with E-state index in [0.717, 1.165) is 17.7 Å². The molecule has 1 aromatic rings. The molecule has 0 heterocycles. The third-order valence-electron chi connectivity index (χ3n) is 2.97. The number of carbonyl (C=O) groups excluding carboxylic acids is 1. The van der Waals surface area contributed by atoms with Crippen molar-refractivity contribution in [2.75, 3.05) is 13.2 Å². The molecule has 0 aliphatic rings. The van der Waals surface area contributed by atoms with Crippen molar-refractivity contribution in [3.8, 4) is 5.75 Å². The van der Waals surface area contributed by atoms with Crippen molar-refractivity contribution in [1.82, 2.24) is 10.6 Å². The van der Waals surface area contributed by atoms with Crippen LogP contribution >= 0.6 is 0 Å². The lowest BCUT2D eigenvalue weighted by Crippen LogP contribution is -2.41. The fraction of sp³-hybridized carbons (Fsp3) is 0.533. The lowest BCUT2D eigenvalue weighted by atomic mass is 10.1. The van der Waals surface area contributed by atoms with E-state index >= 15 is 0 Å². The van der Waals surface area contributed by atoms with Gasteiger partial charge in [0.05, 0.1) is 6.61 Å². The highest BCUT2D eigenvalue weighted by atomic mass is 16.5. The number of rotatable bonds is 8. The average Bonchev–Trinajstić information content (AvgIpc) is 2.45. The molecule has 0 saturated heterocycles. The van der Waals surface area contributed by atoms with E-state index in [1.807, 2.05) is 38.1 Å². The monoisotopic (exact) mass is 280 g/mol. The molecule has 0 spiro atoms. The first-order valence-corrected chi connectivity index (χ1v) is 7.06. The van der Waals surface area contributed by atoms with Crippen LogP contribution in [0.1, 0.15) is 32.3 Å². The number of urea groups is 1. The molecule has 0 aliphatic heterocycles. The van der Waals surface area contributed by atoms with Crippen LogP contribution < -0.4 is 15.4 Å². The van der Waals surface area contributed by atoms with Gasteiger partial charge in [0, 0.05) is 19.2 Å². The van der Waals surface area contributed by atoms with E-state index in [0.29, 0.717) is 19.6 Å². The zero-order chi connectivity index (χ0) is 14.8. The van der Waals surface area contributed by atoms with E-state index in [1.165, 1.54) is 0 Å². The van der Waals surface area contributed by atoms with Crippen LogP contribution in [0.5, 0.6) is 5.75 Å². The summed E-state index contributed by atoms with van der Waals surface area (Å²) in [6.45, 7) is 5.06. The first-order valence-electron chi connectivity index (χ1n) is 7.06. The molecule has 1 unspecified atom stereocenters. The Labute approximate surface area is 120 Å². The maximum atomic E-state index is 11.7. The largest absolute Gasteiger partial charge is 0.494 e. The Morgan fingerprint density at radius 2 is 2.20 bits per heavy atom. The van der Waals surface area contributed by atoms with Crippen molar-refractivity contribution in [3.05, 3.63) is 29.8 Å². The Kier molecular flexibility index (Phi) is 7.50. The summed E-state index contributed by atoms with van der Waals surface area (Å²) in [6, 6.07) is 7.44. The number of aliphatic hydroxyl groups is 1. The van der Waals surface area contributed by atoms with Crippen molar-refractivity contribution in [2.45, 2.75) is 39.3 Å². The molecule has 1 rings (SSSR count). The maximum absolute atomic E-state index is 11.7. The molecule has 5 heteroatoms. The van der Waals surface area contributed by atoms with Crippen LogP contribution in [0, 0.1) is 0 Å². The average molecular weight is 280 g/mol. The van der Waals surface area contributed by atoms with Gasteiger partial charge in [0.25, 0.3) is 0 Å². The lowest BCUT2D eigenvalue weighted by molar-refractivity contribution is 0.227. The van der Waals surface area contributed by atoms with E-state index in [2.05, 4.69) is 10.6 Å². The molecule has 5 nitrogen and oxygen atoms in total. The topological polar surface area (TPSA) is 70.6 Å². The molecular weight excluding hydrogens is 256 g/mol. The molecule has 0 aromatic heterocycles. The summed E-state index contributed by atoms with van der Waals surface area (Å²) in [5.74, 6) is 0.805. The molecule has 0 radical (unpaired) electrons. The number of carbonyl (C=O) groups is 1. The number of hydrogen-bond acceptors (Lipinski definition) is 3. The van der Waals surface area contributed by atoms with Crippen LogP contribution in [0.15, 0.2) is 24.3 Å². The fourth-order valence-electron chi connectivity index (χ4n) is 1.86. The van der Waals surface area contributed by atoms with Crippen LogP contribution in [0.3, 0.4) is 0 Å². The second-order valence-electron chi connectivity index (χ2n) is 4.52. The van der Waals surface area contributed by atoms with Gasteiger partial charge in [-0.1, -0.05) is 19.1 Å². The quantitative estimate of drug-likeness (QED) is 0.682. The highest BCUT2D eigenvalue weighted by molar-refractivity contribution is 5.74. The molecule has 0 bridgehead atoms. The molecule has 0 fully saturated rings. The van der Waals surface area contributed by atoms with Gasteiger partial charge in [-0.25, -0.2) is 4.79 Å². The summed E-state index contributed by atoms with van der Waals surface area (Å²) in [6.07, 6.45) is 1.37. The SMILES string of the molecule is CCOc1cccc(CNC(=O)NC(CC)CCO)c1. The smallest absolute Gasteiger partial charge is 0.315 e. The molecule has 20 heavy (non-hydrogen) atoms. The molecule has 1 aromatic carbocycles. The predicted octanol–water partition coefficient (Wildman–Crippen LogP) is 2.05. The Morgan fingerprint density at radius 3 is 2.85 bits per heavy atom. The molecular formula is C15H24N2O3.